The summed E-state index contributed by atoms with van der Waals surface area (Å²) in [5, 5.41) is 9.22. The summed E-state index contributed by atoms with van der Waals surface area (Å²) in [5.41, 5.74) is 3.28. The topological polar surface area (TPSA) is 106 Å². The van der Waals surface area contributed by atoms with Crippen LogP contribution >= 0.6 is 11.3 Å². The van der Waals surface area contributed by atoms with Gasteiger partial charge in [-0.15, -0.1) is 11.3 Å². The number of aliphatic hydroxyl groups excluding tert-OH is 1. The highest BCUT2D eigenvalue weighted by Gasteiger charge is 2.24. The van der Waals surface area contributed by atoms with Crippen LogP contribution in [0, 0.1) is 5.92 Å². The van der Waals surface area contributed by atoms with Gasteiger partial charge in [-0.2, -0.15) is 0 Å². The van der Waals surface area contributed by atoms with E-state index in [1.807, 2.05) is 43.3 Å². The molecule has 4 heterocycles. The van der Waals surface area contributed by atoms with Crippen LogP contribution in [-0.2, 0) is 22.6 Å². The van der Waals surface area contributed by atoms with Gasteiger partial charge in [-0.1, -0.05) is 13.0 Å². The lowest BCUT2D eigenvalue weighted by Gasteiger charge is -2.21. The maximum Gasteiger partial charge on any atom is 0.248 e. The van der Waals surface area contributed by atoms with Gasteiger partial charge in [-0.25, -0.2) is 0 Å². The fourth-order valence-electron chi connectivity index (χ4n) is 4.29. The van der Waals surface area contributed by atoms with E-state index >= 15 is 0 Å². The number of amides is 1. The highest BCUT2D eigenvalue weighted by Crippen LogP contribution is 2.38. The number of aromatic nitrogens is 3. The van der Waals surface area contributed by atoms with Crippen LogP contribution in [0.2, 0.25) is 0 Å². The molecule has 9 heteroatoms. The number of ketones is 1. The molecule has 1 aliphatic carbocycles. The number of fused-ring (bicyclic) bond motifs is 1. The second kappa shape index (κ2) is 11.8. The summed E-state index contributed by atoms with van der Waals surface area (Å²) in [7, 11) is 0. The number of carbonyl (C=O) groups excluding carboxylic acids is 2. The third kappa shape index (κ3) is 6.41. The molecule has 1 N–H and O–H groups in total. The summed E-state index contributed by atoms with van der Waals surface area (Å²) >= 11 is 1.54. The molecule has 1 saturated carbocycles. The van der Waals surface area contributed by atoms with Gasteiger partial charge in [0.25, 0.3) is 0 Å². The molecule has 4 aromatic rings. The first-order chi connectivity index (χ1) is 18.5. The smallest absolute Gasteiger partial charge is 0.248 e. The molecule has 0 unspecified atom stereocenters. The number of thiophene rings is 1. The van der Waals surface area contributed by atoms with E-state index in [0.717, 1.165) is 38.5 Å². The van der Waals surface area contributed by atoms with Crippen LogP contribution < -0.4 is 4.74 Å². The fraction of sp³-hybridized carbons (Fsp3) is 0.345. The Balaban J connectivity index is 1.28. The van der Waals surface area contributed by atoms with Crippen LogP contribution in [0.4, 0.5) is 0 Å². The van der Waals surface area contributed by atoms with Crippen molar-refractivity contribution in [1.82, 2.24) is 19.9 Å². The van der Waals surface area contributed by atoms with Crippen molar-refractivity contribution in [2.75, 3.05) is 13.2 Å². The predicted octanol–water partition coefficient (Wildman–Crippen LogP) is 5.19. The van der Waals surface area contributed by atoms with Crippen molar-refractivity contribution < 1.29 is 19.4 Å². The van der Waals surface area contributed by atoms with Crippen LogP contribution in [0.15, 0.2) is 55.0 Å². The fourth-order valence-corrected chi connectivity index (χ4v) is 5.33. The maximum absolute atomic E-state index is 12.1. The van der Waals surface area contributed by atoms with Crippen molar-refractivity contribution in [2.24, 2.45) is 5.92 Å². The molecule has 0 aromatic carbocycles. The van der Waals surface area contributed by atoms with Crippen LogP contribution in [-0.4, -0.2) is 49.8 Å². The van der Waals surface area contributed by atoms with Gasteiger partial charge in [0.1, 0.15) is 23.9 Å². The number of pyridine rings is 3. The Bertz CT molecular complexity index is 1420. The van der Waals surface area contributed by atoms with Gasteiger partial charge in [0.15, 0.2) is 0 Å². The summed E-state index contributed by atoms with van der Waals surface area (Å²) in [4.78, 5) is 40.2. The Morgan fingerprint density at radius 1 is 1.11 bits per heavy atom. The monoisotopic (exact) mass is 530 g/mol. The van der Waals surface area contributed by atoms with Gasteiger partial charge < -0.3 is 14.7 Å². The van der Waals surface area contributed by atoms with Crippen molar-refractivity contribution in [3.63, 3.8) is 0 Å². The summed E-state index contributed by atoms with van der Waals surface area (Å²) in [6.07, 6.45) is 9.32. The molecule has 0 atom stereocenters. The third-order valence-electron chi connectivity index (χ3n) is 6.42. The number of aliphatic hydroxyl groups is 1. The summed E-state index contributed by atoms with van der Waals surface area (Å²) in [6, 6.07) is 11.4. The minimum Gasteiger partial charge on any atom is -0.454 e. The Morgan fingerprint density at radius 3 is 2.66 bits per heavy atom. The predicted molar refractivity (Wildman–Crippen MR) is 146 cm³/mol. The van der Waals surface area contributed by atoms with Crippen molar-refractivity contribution in [3.8, 4) is 22.1 Å². The molecule has 196 valence electrons. The molecule has 0 aliphatic heterocycles. The van der Waals surface area contributed by atoms with E-state index in [2.05, 4.69) is 15.0 Å². The van der Waals surface area contributed by atoms with Crippen LogP contribution in [0.25, 0.3) is 20.8 Å². The van der Waals surface area contributed by atoms with Gasteiger partial charge in [-0.05, 0) is 55.0 Å². The average Bonchev–Trinajstić information content (AvgIpc) is 3.63. The minimum atomic E-state index is -0.495. The molecule has 38 heavy (non-hydrogen) atoms. The first kappa shape index (κ1) is 25.9. The minimum absolute atomic E-state index is 0.245. The van der Waals surface area contributed by atoms with Crippen LogP contribution in [0.3, 0.4) is 0 Å². The maximum atomic E-state index is 12.1. The zero-order valence-electron chi connectivity index (χ0n) is 21.3. The molecular weight excluding hydrogens is 500 g/mol. The van der Waals surface area contributed by atoms with Gasteiger partial charge in [0.2, 0.25) is 5.91 Å². The highest BCUT2D eigenvalue weighted by atomic mass is 32.1. The number of carbonyl (C=O) groups is 2. The van der Waals surface area contributed by atoms with E-state index in [1.165, 1.54) is 12.8 Å². The first-order valence-electron chi connectivity index (χ1n) is 12.9. The van der Waals surface area contributed by atoms with E-state index in [-0.39, 0.29) is 11.7 Å². The number of rotatable bonds is 12. The SMILES string of the molecule is CCCN(Cc1ccc(-c2cc3nccc(Oc4ccc(CC(=O)CC5CC5)nc4)c3s2)nc1)C(=O)CO. The summed E-state index contributed by atoms with van der Waals surface area (Å²) in [6.45, 7) is 2.50. The van der Waals surface area contributed by atoms with E-state index < -0.39 is 6.61 Å². The number of hydrogen-bond donors (Lipinski definition) is 1. The molecule has 0 radical (unpaired) electrons. The standard InChI is InChI=1S/C29H30N4O4S/c1-2-11-33(28(36)18-34)17-20-5-8-24(32-15-20)27-14-25-29(38-27)26(9-10-30-25)37-23-7-6-21(31-16-23)13-22(35)12-19-3-4-19/h5-10,14-16,19,34H,2-4,11-13,17-18H2,1H3. The van der Waals surface area contributed by atoms with E-state index in [4.69, 9.17) is 4.74 Å². The average molecular weight is 531 g/mol. The Labute approximate surface area is 225 Å². The van der Waals surface area contributed by atoms with Crippen molar-refractivity contribution in [3.05, 3.63) is 66.2 Å². The molecule has 1 amide bonds. The quantitative estimate of drug-likeness (QED) is 0.269. The van der Waals surface area contributed by atoms with Crippen molar-refractivity contribution >= 4 is 33.2 Å². The summed E-state index contributed by atoms with van der Waals surface area (Å²) < 4.78 is 7.04. The Kier molecular flexibility index (Phi) is 8.05. The lowest BCUT2D eigenvalue weighted by Crippen LogP contribution is -2.33. The number of Topliss-reactive ketones (excluding diaryl/α,β-unsaturated/α-hetero) is 1. The van der Waals surface area contributed by atoms with E-state index in [9.17, 15) is 14.7 Å². The zero-order chi connectivity index (χ0) is 26.5. The molecule has 1 aliphatic rings. The highest BCUT2D eigenvalue weighted by molar-refractivity contribution is 7.22. The number of hydrogen-bond acceptors (Lipinski definition) is 8. The summed E-state index contributed by atoms with van der Waals surface area (Å²) in [5.74, 6) is 1.82. The second-order valence-corrected chi connectivity index (χ2v) is 10.7. The number of nitrogens with zero attached hydrogens (tertiary/aromatic N) is 4. The van der Waals surface area contributed by atoms with Crippen molar-refractivity contribution in [1.29, 1.82) is 0 Å². The molecule has 5 rings (SSSR count). The van der Waals surface area contributed by atoms with Crippen molar-refractivity contribution in [2.45, 2.75) is 45.6 Å². The largest absolute Gasteiger partial charge is 0.454 e. The van der Waals surface area contributed by atoms with Gasteiger partial charge >= 0.3 is 0 Å². The number of ether oxygens (including phenoxy) is 1. The molecule has 8 nitrogen and oxygen atoms in total. The van der Waals surface area contributed by atoms with Gasteiger partial charge in [0.05, 0.1) is 27.0 Å². The normalized spacial score (nSPS) is 13.0. The Hall–Kier alpha value is -3.69. The second-order valence-electron chi connectivity index (χ2n) is 9.61. The lowest BCUT2D eigenvalue weighted by atomic mass is 10.1. The van der Waals surface area contributed by atoms with Gasteiger partial charge in [-0.3, -0.25) is 24.5 Å². The third-order valence-corrected chi connectivity index (χ3v) is 7.59. The first-order valence-corrected chi connectivity index (χ1v) is 13.7. The molecule has 0 bridgehead atoms. The molecular formula is C29H30N4O4S. The van der Waals surface area contributed by atoms with Crippen LogP contribution in [0.1, 0.15) is 43.9 Å². The van der Waals surface area contributed by atoms with E-state index in [0.29, 0.717) is 43.3 Å². The lowest BCUT2D eigenvalue weighted by molar-refractivity contribution is -0.134. The Morgan fingerprint density at radius 2 is 1.97 bits per heavy atom. The molecule has 0 spiro atoms. The molecule has 0 saturated heterocycles. The molecule has 1 fully saturated rings. The van der Waals surface area contributed by atoms with E-state index in [1.54, 1.807) is 34.8 Å². The van der Waals surface area contributed by atoms with Gasteiger partial charge in [0, 0.05) is 50.1 Å². The van der Waals surface area contributed by atoms with Crippen LogP contribution in [0.5, 0.6) is 11.5 Å². The molecule has 4 aromatic heterocycles. The zero-order valence-corrected chi connectivity index (χ0v) is 22.1.